The minimum Gasteiger partial charge on any atom is -0.341 e. The molecule has 1 heterocycles. The summed E-state index contributed by atoms with van der Waals surface area (Å²) in [6, 6.07) is 9.13. The van der Waals surface area contributed by atoms with Crippen LogP contribution in [0, 0.1) is 0 Å². The van der Waals surface area contributed by atoms with Gasteiger partial charge in [0.1, 0.15) is 0 Å². The molecule has 24 heavy (non-hydrogen) atoms. The molecule has 0 aliphatic heterocycles. The maximum absolute atomic E-state index is 12.0. The van der Waals surface area contributed by atoms with E-state index in [-0.39, 0.29) is 0 Å². The average Bonchev–Trinajstić information content (AvgIpc) is 2.98. The van der Waals surface area contributed by atoms with Crippen molar-refractivity contribution in [2.45, 2.75) is 23.9 Å². The molecule has 0 saturated heterocycles. The van der Waals surface area contributed by atoms with Crippen molar-refractivity contribution in [2.75, 3.05) is 7.05 Å². The maximum Gasteiger partial charge on any atom is 0.321 e. The van der Waals surface area contributed by atoms with E-state index in [0.29, 0.717) is 17.5 Å². The third kappa shape index (κ3) is 4.23. The molecule has 0 aliphatic carbocycles. The van der Waals surface area contributed by atoms with Crippen LogP contribution in [0.15, 0.2) is 48.1 Å². The number of benzene rings is 1. The van der Waals surface area contributed by atoms with Crippen LogP contribution in [-0.2, 0) is 11.3 Å². The quantitative estimate of drug-likeness (QED) is 0.618. The van der Waals surface area contributed by atoms with E-state index in [4.69, 9.17) is 0 Å². The molecule has 7 nitrogen and oxygen atoms in total. The first kappa shape index (κ1) is 17.7. The molecule has 2 N–H and O–H groups in total. The number of amides is 3. The summed E-state index contributed by atoms with van der Waals surface area (Å²) in [7, 11) is 1.45. The fourth-order valence-electron chi connectivity index (χ4n) is 1.96. The Bertz CT molecular complexity index is 729. The predicted molar refractivity (Wildman–Crippen MR) is 93.6 cm³/mol. The van der Waals surface area contributed by atoms with Crippen molar-refractivity contribution in [1.82, 2.24) is 25.4 Å². The molecule has 0 bridgehead atoms. The number of imide groups is 1. The van der Waals surface area contributed by atoms with Crippen molar-refractivity contribution in [1.29, 1.82) is 0 Å². The van der Waals surface area contributed by atoms with Crippen molar-refractivity contribution < 1.29 is 9.59 Å². The van der Waals surface area contributed by atoms with Gasteiger partial charge in [0, 0.05) is 19.2 Å². The number of hydrogen-bond acceptors (Lipinski definition) is 5. The number of hydrogen-bond donors (Lipinski definition) is 2. The van der Waals surface area contributed by atoms with E-state index in [2.05, 4.69) is 27.4 Å². The van der Waals surface area contributed by atoms with E-state index in [1.54, 1.807) is 13.0 Å². The smallest absolute Gasteiger partial charge is 0.321 e. The molecule has 3 amide bonds. The van der Waals surface area contributed by atoms with E-state index in [0.717, 1.165) is 5.56 Å². The zero-order valence-electron chi connectivity index (χ0n) is 13.5. The number of nitrogens with zero attached hydrogens (tertiary/aromatic N) is 3. The zero-order valence-corrected chi connectivity index (χ0v) is 14.3. The Hall–Kier alpha value is -2.61. The van der Waals surface area contributed by atoms with Crippen LogP contribution in [0.25, 0.3) is 11.4 Å². The van der Waals surface area contributed by atoms with Gasteiger partial charge in [-0.2, -0.15) is 0 Å². The number of allylic oxidation sites excluding steroid dienone is 1. The minimum absolute atomic E-state index is 0.395. The van der Waals surface area contributed by atoms with Gasteiger partial charge in [-0.15, -0.1) is 16.8 Å². The Balaban J connectivity index is 2.21. The molecule has 126 valence electrons. The highest BCUT2D eigenvalue weighted by Crippen LogP contribution is 2.26. The third-order valence-electron chi connectivity index (χ3n) is 3.18. The van der Waals surface area contributed by atoms with Crippen LogP contribution in [0.1, 0.15) is 6.92 Å². The first-order valence-corrected chi connectivity index (χ1v) is 8.23. The SMILES string of the molecule is C=CCn1c(S[C@@H](C)C(=O)NC(=O)NC)nnc1-c1ccccc1. The van der Waals surface area contributed by atoms with Crippen LogP contribution >= 0.6 is 11.8 Å². The Labute approximate surface area is 144 Å². The Kier molecular flexibility index (Phi) is 6.14. The molecule has 0 radical (unpaired) electrons. The molecular formula is C16H19N5O2S. The summed E-state index contributed by atoms with van der Waals surface area (Å²) in [4.78, 5) is 23.2. The Morgan fingerprint density at radius 3 is 2.67 bits per heavy atom. The number of carbonyl (C=O) groups excluding carboxylic acids is 2. The largest absolute Gasteiger partial charge is 0.341 e. The summed E-state index contributed by atoms with van der Waals surface area (Å²) >= 11 is 1.24. The molecule has 8 heteroatoms. The van der Waals surface area contributed by atoms with E-state index >= 15 is 0 Å². The molecule has 0 fully saturated rings. The van der Waals surface area contributed by atoms with Gasteiger partial charge in [0.25, 0.3) is 0 Å². The number of nitrogens with one attached hydrogen (secondary N) is 2. The number of rotatable bonds is 6. The minimum atomic E-state index is -0.537. The summed E-state index contributed by atoms with van der Waals surface area (Å²) in [5, 5.41) is 13.1. The van der Waals surface area contributed by atoms with Gasteiger partial charge in [0.15, 0.2) is 11.0 Å². The van der Waals surface area contributed by atoms with Gasteiger partial charge < -0.3 is 5.32 Å². The molecule has 0 spiro atoms. The van der Waals surface area contributed by atoms with Crippen LogP contribution < -0.4 is 10.6 Å². The third-order valence-corrected chi connectivity index (χ3v) is 4.26. The molecule has 1 aromatic carbocycles. The standard InChI is InChI=1S/C16H19N5O2S/c1-4-10-21-13(12-8-6-5-7-9-12)19-20-16(21)24-11(2)14(22)18-15(23)17-3/h4-9,11H,1,10H2,2-3H3,(H2,17,18,22,23)/t11-/m0/s1. The normalized spacial score (nSPS) is 11.6. The second kappa shape index (κ2) is 8.30. The molecule has 0 aliphatic rings. The van der Waals surface area contributed by atoms with E-state index in [9.17, 15) is 9.59 Å². The number of urea groups is 1. The highest BCUT2D eigenvalue weighted by atomic mass is 32.2. The van der Waals surface area contributed by atoms with Gasteiger partial charge in [0.2, 0.25) is 5.91 Å². The number of carbonyl (C=O) groups is 2. The Morgan fingerprint density at radius 2 is 2.04 bits per heavy atom. The summed E-state index contributed by atoms with van der Waals surface area (Å²) in [6.07, 6.45) is 1.75. The summed E-state index contributed by atoms with van der Waals surface area (Å²) in [6.45, 7) is 5.98. The van der Waals surface area contributed by atoms with Gasteiger partial charge in [-0.05, 0) is 6.92 Å². The van der Waals surface area contributed by atoms with Crippen LogP contribution in [0.3, 0.4) is 0 Å². The van der Waals surface area contributed by atoms with Gasteiger partial charge in [-0.3, -0.25) is 14.7 Å². The maximum atomic E-state index is 12.0. The van der Waals surface area contributed by atoms with Crippen molar-refractivity contribution in [3.8, 4) is 11.4 Å². The fraction of sp³-hybridized carbons (Fsp3) is 0.250. The van der Waals surface area contributed by atoms with Crippen molar-refractivity contribution in [2.24, 2.45) is 0 Å². The predicted octanol–water partition coefficient (Wildman–Crippen LogP) is 2.07. The summed E-state index contributed by atoms with van der Waals surface area (Å²) in [5.74, 6) is 0.311. The lowest BCUT2D eigenvalue weighted by Crippen LogP contribution is -2.41. The van der Waals surface area contributed by atoms with E-state index in [1.165, 1.54) is 18.8 Å². The molecular weight excluding hydrogens is 326 g/mol. The summed E-state index contributed by atoms with van der Waals surface area (Å²) < 4.78 is 1.89. The van der Waals surface area contributed by atoms with Crippen LogP contribution in [0.4, 0.5) is 4.79 Å². The first-order valence-electron chi connectivity index (χ1n) is 7.35. The highest BCUT2D eigenvalue weighted by molar-refractivity contribution is 8.00. The van der Waals surface area contributed by atoms with Gasteiger partial charge in [0.05, 0.1) is 5.25 Å². The Morgan fingerprint density at radius 1 is 1.33 bits per heavy atom. The van der Waals surface area contributed by atoms with Crippen LogP contribution in [0.2, 0.25) is 0 Å². The van der Waals surface area contributed by atoms with Gasteiger partial charge in [-0.25, -0.2) is 4.79 Å². The second-order valence-corrected chi connectivity index (χ2v) is 6.21. The lowest BCUT2D eigenvalue weighted by atomic mass is 10.2. The van der Waals surface area contributed by atoms with Crippen molar-refractivity contribution in [3.05, 3.63) is 43.0 Å². The highest BCUT2D eigenvalue weighted by Gasteiger charge is 2.21. The first-order chi connectivity index (χ1) is 11.6. The van der Waals surface area contributed by atoms with Gasteiger partial charge in [-0.1, -0.05) is 48.2 Å². The molecule has 2 aromatic rings. The van der Waals surface area contributed by atoms with Crippen LogP contribution in [0.5, 0.6) is 0 Å². The van der Waals surface area contributed by atoms with Crippen molar-refractivity contribution >= 4 is 23.7 Å². The molecule has 0 saturated carbocycles. The molecule has 2 rings (SSSR count). The van der Waals surface area contributed by atoms with Crippen LogP contribution in [-0.4, -0.2) is 39.0 Å². The second-order valence-electron chi connectivity index (χ2n) is 4.90. The number of thioether (sulfide) groups is 1. The lowest BCUT2D eigenvalue weighted by molar-refractivity contribution is -0.119. The van der Waals surface area contributed by atoms with Gasteiger partial charge >= 0.3 is 6.03 Å². The van der Waals surface area contributed by atoms with E-state index < -0.39 is 17.2 Å². The van der Waals surface area contributed by atoms with E-state index in [1.807, 2.05) is 34.9 Å². The lowest BCUT2D eigenvalue weighted by Gasteiger charge is -2.12. The molecule has 1 aromatic heterocycles. The summed E-state index contributed by atoms with van der Waals surface area (Å²) in [5.41, 5.74) is 0.932. The fourth-order valence-corrected chi connectivity index (χ4v) is 2.82. The number of aromatic nitrogens is 3. The molecule has 1 atom stereocenters. The molecule has 0 unspecified atom stereocenters. The van der Waals surface area contributed by atoms with Crippen molar-refractivity contribution in [3.63, 3.8) is 0 Å². The zero-order chi connectivity index (χ0) is 17.5. The average molecular weight is 345 g/mol. The monoisotopic (exact) mass is 345 g/mol. The topological polar surface area (TPSA) is 88.9 Å².